The molecule has 0 amide bonds. The molecule has 0 aromatic carbocycles. The highest BCUT2D eigenvalue weighted by molar-refractivity contribution is 4.90. The largest absolute Gasteiger partial charge is 0.296 e. The molecule has 1 saturated carbocycles. The van der Waals surface area contributed by atoms with Crippen molar-refractivity contribution in [1.82, 2.24) is 25.1 Å². The van der Waals surface area contributed by atoms with Crippen LogP contribution >= 0.6 is 0 Å². The van der Waals surface area contributed by atoms with Crippen molar-refractivity contribution >= 4 is 0 Å². The first-order valence-electron chi connectivity index (χ1n) is 6.92. The van der Waals surface area contributed by atoms with E-state index < -0.39 is 0 Å². The van der Waals surface area contributed by atoms with Gasteiger partial charge in [-0.1, -0.05) is 19.3 Å². The van der Waals surface area contributed by atoms with Gasteiger partial charge in [-0.2, -0.15) is 0 Å². The zero-order chi connectivity index (χ0) is 11.5. The van der Waals surface area contributed by atoms with E-state index >= 15 is 0 Å². The Balaban J connectivity index is 1.61. The molecule has 1 aliphatic heterocycles. The molecule has 17 heavy (non-hydrogen) atoms. The SMILES string of the molecule is C1CCCN(Cc2nnnn2C2CC2)CCC1. The molecule has 2 fully saturated rings. The van der Waals surface area contributed by atoms with E-state index in [1.165, 1.54) is 58.0 Å². The van der Waals surface area contributed by atoms with Crippen LogP contribution in [0.1, 0.15) is 56.8 Å². The van der Waals surface area contributed by atoms with Crippen molar-refractivity contribution in [2.75, 3.05) is 13.1 Å². The van der Waals surface area contributed by atoms with Crippen molar-refractivity contribution in [2.45, 2.75) is 57.5 Å². The van der Waals surface area contributed by atoms with Gasteiger partial charge in [0.1, 0.15) is 0 Å². The molecule has 1 saturated heterocycles. The fourth-order valence-electron chi connectivity index (χ4n) is 2.59. The molecule has 0 bridgehead atoms. The lowest BCUT2D eigenvalue weighted by atomic mass is 10.1. The van der Waals surface area contributed by atoms with E-state index in [1.54, 1.807) is 0 Å². The average molecular weight is 235 g/mol. The summed E-state index contributed by atoms with van der Waals surface area (Å²) < 4.78 is 2.04. The number of aromatic nitrogens is 4. The van der Waals surface area contributed by atoms with Crippen molar-refractivity contribution < 1.29 is 0 Å². The Kier molecular flexibility index (Phi) is 3.36. The van der Waals surface area contributed by atoms with Crippen LogP contribution in [-0.4, -0.2) is 38.2 Å². The normalized spacial score (nSPS) is 23.3. The molecule has 0 radical (unpaired) electrons. The van der Waals surface area contributed by atoms with E-state index in [0.717, 1.165) is 12.4 Å². The van der Waals surface area contributed by atoms with Crippen molar-refractivity contribution in [3.63, 3.8) is 0 Å². The molecule has 0 spiro atoms. The quantitative estimate of drug-likeness (QED) is 0.801. The van der Waals surface area contributed by atoms with Gasteiger partial charge in [-0.25, -0.2) is 4.68 Å². The summed E-state index contributed by atoms with van der Waals surface area (Å²) in [7, 11) is 0. The first-order valence-corrected chi connectivity index (χ1v) is 6.92. The maximum Gasteiger partial charge on any atom is 0.165 e. The van der Waals surface area contributed by atoms with E-state index in [2.05, 4.69) is 20.4 Å². The predicted octanol–water partition coefficient (Wildman–Crippen LogP) is 1.77. The van der Waals surface area contributed by atoms with E-state index in [-0.39, 0.29) is 0 Å². The highest BCUT2D eigenvalue weighted by Gasteiger charge is 2.28. The average Bonchev–Trinajstić information content (AvgIpc) is 3.03. The van der Waals surface area contributed by atoms with E-state index in [1.807, 2.05) is 4.68 Å². The molecule has 0 atom stereocenters. The zero-order valence-corrected chi connectivity index (χ0v) is 10.4. The number of likely N-dealkylation sites (tertiary alicyclic amines) is 1. The molecule has 5 nitrogen and oxygen atoms in total. The second-order valence-corrected chi connectivity index (χ2v) is 5.31. The molecular weight excluding hydrogens is 214 g/mol. The number of nitrogens with zero attached hydrogens (tertiary/aromatic N) is 5. The summed E-state index contributed by atoms with van der Waals surface area (Å²) in [5, 5.41) is 12.1. The van der Waals surface area contributed by atoms with Gasteiger partial charge >= 0.3 is 0 Å². The summed E-state index contributed by atoms with van der Waals surface area (Å²) in [5.41, 5.74) is 0. The highest BCUT2D eigenvalue weighted by Crippen LogP contribution is 2.34. The lowest BCUT2D eigenvalue weighted by molar-refractivity contribution is 0.230. The Morgan fingerprint density at radius 2 is 1.71 bits per heavy atom. The van der Waals surface area contributed by atoms with Gasteiger partial charge in [-0.05, 0) is 49.2 Å². The Morgan fingerprint density at radius 3 is 2.41 bits per heavy atom. The maximum atomic E-state index is 4.19. The number of hydrogen-bond acceptors (Lipinski definition) is 4. The summed E-state index contributed by atoms with van der Waals surface area (Å²) >= 11 is 0. The number of hydrogen-bond donors (Lipinski definition) is 0. The lowest BCUT2D eigenvalue weighted by Crippen LogP contribution is -2.28. The van der Waals surface area contributed by atoms with Crippen molar-refractivity contribution in [1.29, 1.82) is 0 Å². The van der Waals surface area contributed by atoms with Gasteiger partial charge in [-0.15, -0.1) is 5.10 Å². The molecule has 1 aromatic heterocycles. The van der Waals surface area contributed by atoms with Crippen LogP contribution in [0.4, 0.5) is 0 Å². The number of rotatable bonds is 3. The second kappa shape index (κ2) is 5.12. The summed E-state index contributed by atoms with van der Waals surface area (Å²) in [5.74, 6) is 1.06. The summed E-state index contributed by atoms with van der Waals surface area (Å²) in [6, 6.07) is 0.592. The van der Waals surface area contributed by atoms with Crippen LogP contribution in [0.3, 0.4) is 0 Å². The smallest absolute Gasteiger partial charge is 0.165 e. The lowest BCUT2D eigenvalue weighted by Gasteiger charge is -2.23. The number of tetrazole rings is 1. The second-order valence-electron chi connectivity index (χ2n) is 5.31. The van der Waals surface area contributed by atoms with Gasteiger partial charge in [0.05, 0.1) is 12.6 Å². The molecule has 0 N–H and O–H groups in total. The third kappa shape index (κ3) is 2.83. The van der Waals surface area contributed by atoms with Gasteiger partial charge in [-0.3, -0.25) is 4.90 Å². The molecule has 2 aliphatic rings. The Bertz CT molecular complexity index is 350. The van der Waals surface area contributed by atoms with Crippen LogP contribution in [0.2, 0.25) is 0 Å². The third-order valence-corrected chi connectivity index (χ3v) is 3.77. The van der Waals surface area contributed by atoms with E-state index in [4.69, 9.17) is 0 Å². The zero-order valence-electron chi connectivity index (χ0n) is 10.4. The molecular formula is C12H21N5. The van der Waals surface area contributed by atoms with Crippen LogP contribution in [0.15, 0.2) is 0 Å². The molecule has 1 aromatic rings. The molecule has 3 rings (SSSR count). The van der Waals surface area contributed by atoms with Crippen molar-refractivity contribution in [2.24, 2.45) is 0 Å². The summed E-state index contributed by atoms with van der Waals surface area (Å²) in [6.45, 7) is 3.35. The fourth-order valence-corrected chi connectivity index (χ4v) is 2.59. The third-order valence-electron chi connectivity index (χ3n) is 3.77. The molecule has 1 aliphatic carbocycles. The Labute approximate surface area is 102 Å². The van der Waals surface area contributed by atoms with Gasteiger partial charge < -0.3 is 0 Å². The first kappa shape index (κ1) is 11.1. The fraction of sp³-hybridized carbons (Fsp3) is 0.917. The van der Waals surface area contributed by atoms with E-state index in [9.17, 15) is 0 Å². The first-order chi connectivity index (χ1) is 8.43. The molecule has 5 heteroatoms. The summed E-state index contributed by atoms with van der Waals surface area (Å²) in [6.07, 6.45) is 9.31. The van der Waals surface area contributed by atoms with Crippen molar-refractivity contribution in [3.05, 3.63) is 5.82 Å². The summed E-state index contributed by atoms with van der Waals surface area (Å²) in [4.78, 5) is 2.52. The minimum absolute atomic E-state index is 0.592. The minimum atomic E-state index is 0.592. The van der Waals surface area contributed by atoms with Crippen LogP contribution in [0.5, 0.6) is 0 Å². The maximum absolute atomic E-state index is 4.19. The van der Waals surface area contributed by atoms with Gasteiger partial charge in [0.25, 0.3) is 0 Å². The van der Waals surface area contributed by atoms with Gasteiger partial charge in [0.15, 0.2) is 5.82 Å². The predicted molar refractivity (Wildman–Crippen MR) is 64.5 cm³/mol. The van der Waals surface area contributed by atoms with Crippen LogP contribution < -0.4 is 0 Å². The molecule has 2 heterocycles. The van der Waals surface area contributed by atoms with Crippen molar-refractivity contribution in [3.8, 4) is 0 Å². The molecule has 94 valence electrons. The van der Waals surface area contributed by atoms with Crippen LogP contribution in [0.25, 0.3) is 0 Å². The Hall–Kier alpha value is -0.970. The van der Waals surface area contributed by atoms with Crippen LogP contribution in [0, 0.1) is 0 Å². The standard InChI is InChI=1S/C12H21N5/c1-2-4-8-16(9-5-3-1)10-12-13-14-15-17(12)11-6-7-11/h11H,1-10H2. The van der Waals surface area contributed by atoms with Crippen LogP contribution in [-0.2, 0) is 6.54 Å². The monoisotopic (exact) mass is 235 g/mol. The van der Waals surface area contributed by atoms with E-state index in [0.29, 0.717) is 6.04 Å². The highest BCUT2D eigenvalue weighted by atomic mass is 15.6. The molecule has 0 unspecified atom stereocenters. The van der Waals surface area contributed by atoms with Gasteiger partial charge in [0, 0.05) is 0 Å². The Morgan fingerprint density at radius 1 is 1.00 bits per heavy atom. The van der Waals surface area contributed by atoms with Gasteiger partial charge in [0.2, 0.25) is 0 Å². The minimum Gasteiger partial charge on any atom is -0.296 e. The topological polar surface area (TPSA) is 46.8 Å².